The van der Waals surface area contributed by atoms with E-state index in [1.807, 2.05) is 0 Å². The molecule has 0 aromatic carbocycles. The molecule has 0 unspecified atom stereocenters. The van der Waals surface area contributed by atoms with Gasteiger partial charge in [-0.05, 0) is 43.8 Å². The predicted molar refractivity (Wildman–Crippen MR) is 98.1 cm³/mol. The van der Waals surface area contributed by atoms with E-state index in [0.29, 0.717) is 5.57 Å². The molecule has 0 aliphatic heterocycles. The fourth-order valence-corrected chi connectivity index (χ4v) is 4.32. The molecule has 0 aromatic heterocycles. The largest absolute Gasteiger partial charge is 0.413 e. The van der Waals surface area contributed by atoms with Crippen molar-refractivity contribution in [2.75, 3.05) is 0 Å². The average Bonchev–Trinajstić information content (AvgIpc) is 2.46. The third-order valence-electron chi connectivity index (χ3n) is 5.51. The van der Waals surface area contributed by atoms with E-state index < -0.39 is 8.32 Å². The van der Waals surface area contributed by atoms with E-state index in [2.05, 4.69) is 40.8 Å². The topological polar surface area (TPSA) is 43.4 Å². The Morgan fingerprint density at radius 2 is 1.87 bits per heavy atom. The number of unbranched alkanes of at least 4 members (excludes halogenated alkanes) is 2. The fourth-order valence-electron chi connectivity index (χ4n) is 2.94. The summed E-state index contributed by atoms with van der Waals surface area (Å²) in [7, 11) is -1.94. The molecule has 2 atom stereocenters. The summed E-state index contributed by atoms with van der Waals surface area (Å²) in [5.41, 5.74) is 1.88. The first kappa shape index (κ1) is 20.3. The highest BCUT2D eigenvalue weighted by atomic mass is 28.4. The summed E-state index contributed by atoms with van der Waals surface area (Å²) in [6, 6.07) is 0. The molecule has 0 radical (unpaired) electrons. The third kappa shape index (κ3) is 5.11. The molecule has 0 bridgehead atoms. The van der Waals surface area contributed by atoms with Crippen molar-refractivity contribution in [1.82, 2.24) is 0 Å². The molecule has 23 heavy (non-hydrogen) atoms. The molecular formula is C19H34O3Si. The summed E-state index contributed by atoms with van der Waals surface area (Å²) in [6.07, 6.45) is 7.83. The zero-order valence-corrected chi connectivity index (χ0v) is 16.8. The molecule has 3 nitrogen and oxygen atoms in total. The van der Waals surface area contributed by atoms with Crippen molar-refractivity contribution in [3.63, 3.8) is 0 Å². The quantitative estimate of drug-likeness (QED) is 0.353. The van der Waals surface area contributed by atoms with Crippen LogP contribution in [0.3, 0.4) is 0 Å². The summed E-state index contributed by atoms with van der Waals surface area (Å²) in [5, 5.41) is 0.104. The van der Waals surface area contributed by atoms with Gasteiger partial charge < -0.3 is 9.22 Å². The number of carbonyl (C=O) groups is 2. The number of allylic oxidation sites excluding steroid dienone is 1. The molecule has 0 saturated heterocycles. The van der Waals surface area contributed by atoms with Gasteiger partial charge in [0, 0.05) is 5.57 Å². The second-order valence-corrected chi connectivity index (χ2v) is 13.0. The van der Waals surface area contributed by atoms with Gasteiger partial charge in [0.2, 0.25) is 0 Å². The molecule has 0 aromatic rings. The van der Waals surface area contributed by atoms with Gasteiger partial charge in [0.25, 0.3) is 0 Å². The van der Waals surface area contributed by atoms with Crippen LogP contribution in [0.1, 0.15) is 66.2 Å². The van der Waals surface area contributed by atoms with Crippen molar-refractivity contribution in [2.45, 2.75) is 90.5 Å². The van der Waals surface area contributed by atoms with Crippen LogP contribution in [0.5, 0.6) is 0 Å². The molecule has 1 aliphatic rings. The van der Waals surface area contributed by atoms with E-state index in [9.17, 15) is 9.59 Å². The number of hydrogen-bond acceptors (Lipinski definition) is 3. The number of hydrogen-bond donors (Lipinski definition) is 0. The number of aldehydes is 2. The highest BCUT2D eigenvalue weighted by Gasteiger charge is 2.42. The van der Waals surface area contributed by atoms with Crippen molar-refractivity contribution in [2.24, 2.45) is 5.92 Å². The summed E-state index contributed by atoms with van der Waals surface area (Å²) in [6.45, 7) is 13.2. The molecule has 1 aliphatic carbocycles. The fraction of sp³-hybridized carbons (Fsp3) is 0.789. The summed E-state index contributed by atoms with van der Waals surface area (Å²) in [4.78, 5) is 23.3. The maximum Gasteiger partial charge on any atom is 0.192 e. The third-order valence-corrected chi connectivity index (χ3v) is 10.0. The molecule has 132 valence electrons. The molecule has 0 spiro atoms. The lowest BCUT2D eigenvalue weighted by atomic mass is 9.80. The average molecular weight is 339 g/mol. The molecule has 0 fully saturated rings. The van der Waals surface area contributed by atoms with Gasteiger partial charge in [-0.3, -0.25) is 4.79 Å². The Balaban J connectivity index is 2.95. The van der Waals surface area contributed by atoms with Crippen molar-refractivity contribution in [3.8, 4) is 0 Å². The lowest BCUT2D eigenvalue weighted by Crippen LogP contribution is -2.47. The van der Waals surface area contributed by atoms with Crippen molar-refractivity contribution >= 4 is 20.9 Å². The second-order valence-electron chi connectivity index (χ2n) is 8.25. The van der Waals surface area contributed by atoms with Crippen LogP contribution in [0, 0.1) is 5.92 Å². The highest BCUT2D eigenvalue weighted by molar-refractivity contribution is 6.74. The molecule has 4 heteroatoms. The first-order chi connectivity index (χ1) is 10.7. The molecular weight excluding hydrogens is 304 g/mol. The highest BCUT2D eigenvalue weighted by Crippen LogP contribution is 2.41. The van der Waals surface area contributed by atoms with Crippen molar-refractivity contribution in [1.29, 1.82) is 0 Å². The lowest BCUT2D eigenvalue weighted by molar-refractivity contribution is -0.115. The zero-order chi connectivity index (χ0) is 17.7. The second kappa shape index (κ2) is 8.38. The Hall–Kier alpha value is -0.743. The van der Waals surface area contributed by atoms with Crippen LogP contribution in [-0.2, 0) is 14.0 Å². The van der Waals surface area contributed by atoms with E-state index >= 15 is 0 Å². The molecule has 1 rings (SSSR count). The Morgan fingerprint density at radius 3 is 2.35 bits per heavy atom. The van der Waals surface area contributed by atoms with Crippen molar-refractivity contribution < 1.29 is 14.0 Å². The Morgan fingerprint density at radius 1 is 1.22 bits per heavy atom. The monoisotopic (exact) mass is 338 g/mol. The van der Waals surface area contributed by atoms with Gasteiger partial charge in [-0.2, -0.15) is 0 Å². The Bertz CT molecular complexity index is 446. The maximum atomic E-state index is 11.7. The zero-order valence-electron chi connectivity index (χ0n) is 15.8. The summed E-state index contributed by atoms with van der Waals surface area (Å²) in [5.74, 6) is -0.382. The number of carbonyl (C=O) groups excluding carboxylic acids is 2. The van der Waals surface area contributed by atoms with E-state index in [1.54, 1.807) is 0 Å². The van der Waals surface area contributed by atoms with Gasteiger partial charge >= 0.3 is 0 Å². The van der Waals surface area contributed by atoms with Crippen LogP contribution >= 0.6 is 0 Å². The summed E-state index contributed by atoms with van der Waals surface area (Å²) >= 11 is 0. The van der Waals surface area contributed by atoms with E-state index in [1.165, 1.54) is 12.0 Å². The van der Waals surface area contributed by atoms with Gasteiger partial charge in [-0.1, -0.05) is 46.1 Å². The van der Waals surface area contributed by atoms with Crippen LogP contribution in [0.2, 0.25) is 18.1 Å². The molecule has 0 saturated carbocycles. The van der Waals surface area contributed by atoms with Crippen LogP contribution in [0.15, 0.2) is 11.1 Å². The molecule has 0 heterocycles. The standard InChI is InChI=1S/C19H34O3Si/c1-7-8-9-10-15-11-12-18(17(14-21)16(15)13-20)22-23(5,6)19(2,3)4/h13-14,17-18H,7-12H2,1-6H3/t17-,18-/m0/s1. The van der Waals surface area contributed by atoms with E-state index in [0.717, 1.165) is 44.7 Å². The normalized spacial score (nSPS) is 23.0. The number of rotatable bonds is 8. The van der Waals surface area contributed by atoms with E-state index in [4.69, 9.17) is 4.43 Å². The van der Waals surface area contributed by atoms with Crippen LogP contribution in [0.4, 0.5) is 0 Å². The van der Waals surface area contributed by atoms with Gasteiger partial charge in [0.1, 0.15) is 12.6 Å². The minimum atomic E-state index is -1.94. The molecule has 0 N–H and O–H groups in total. The van der Waals surface area contributed by atoms with Gasteiger partial charge in [-0.25, -0.2) is 0 Å². The summed E-state index contributed by atoms with van der Waals surface area (Å²) < 4.78 is 6.47. The van der Waals surface area contributed by atoms with Crippen LogP contribution < -0.4 is 0 Å². The smallest absolute Gasteiger partial charge is 0.192 e. The van der Waals surface area contributed by atoms with E-state index in [-0.39, 0.29) is 17.1 Å². The van der Waals surface area contributed by atoms with Crippen LogP contribution in [0.25, 0.3) is 0 Å². The SMILES string of the molecule is CCCCCC1=C(C=O)[C@H](C=O)[C@@H](O[Si](C)(C)C(C)(C)C)CC1. The Labute approximate surface area is 143 Å². The first-order valence-electron chi connectivity index (χ1n) is 8.98. The van der Waals surface area contributed by atoms with Gasteiger partial charge in [0.05, 0.1) is 12.0 Å². The maximum absolute atomic E-state index is 11.7. The first-order valence-corrected chi connectivity index (χ1v) is 11.9. The van der Waals surface area contributed by atoms with Gasteiger partial charge in [-0.15, -0.1) is 0 Å². The minimum absolute atomic E-state index is 0.104. The minimum Gasteiger partial charge on any atom is -0.413 e. The van der Waals surface area contributed by atoms with Gasteiger partial charge in [0.15, 0.2) is 8.32 Å². The predicted octanol–water partition coefficient (Wildman–Crippen LogP) is 5.06. The molecule has 0 amide bonds. The van der Waals surface area contributed by atoms with Crippen molar-refractivity contribution in [3.05, 3.63) is 11.1 Å². The Kier molecular flexibility index (Phi) is 7.40. The van der Waals surface area contributed by atoms with Crippen LogP contribution in [-0.4, -0.2) is 27.0 Å². The lowest BCUT2D eigenvalue weighted by Gasteiger charge is -2.42.